The molecule has 0 fully saturated rings. The molecule has 4 heteroatoms. The molecule has 0 aliphatic rings. The number of thiophene rings is 1. The molecule has 1 unspecified atom stereocenters. The van der Waals surface area contributed by atoms with Gasteiger partial charge in [-0.3, -0.25) is 0 Å². The van der Waals surface area contributed by atoms with Crippen molar-refractivity contribution in [1.82, 2.24) is 0 Å². The molecule has 0 bridgehead atoms. The van der Waals surface area contributed by atoms with Crippen molar-refractivity contribution in [3.8, 4) is 5.75 Å². The van der Waals surface area contributed by atoms with Crippen molar-refractivity contribution >= 4 is 43.2 Å². The van der Waals surface area contributed by atoms with Crippen LogP contribution in [0.5, 0.6) is 5.75 Å². The summed E-state index contributed by atoms with van der Waals surface area (Å²) in [6.45, 7) is 2.06. The van der Waals surface area contributed by atoms with Crippen LogP contribution in [0.1, 0.15) is 21.5 Å². The van der Waals surface area contributed by atoms with Crippen molar-refractivity contribution in [1.29, 1.82) is 0 Å². The van der Waals surface area contributed by atoms with Crippen LogP contribution >= 0.6 is 43.2 Å². The number of ether oxygens (including phenoxy) is 1. The fourth-order valence-electron chi connectivity index (χ4n) is 1.71. The zero-order valence-corrected chi connectivity index (χ0v) is 13.5. The van der Waals surface area contributed by atoms with E-state index in [9.17, 15) is 0 Å². The summed E-state index contributed by atoms with van der Waals surface area (Å²) in [5, 5.41) is 2.16. The lowest BCUT2D eigenvalue weighted by Gasteiger charge is -2.11. The molecule has 0 aliphatic heterocycles. The maximum absolute atomic E-state index is 5.27. The first kappa shape index (κ1) is 13.1. The van der Waals surface area contributed by atoms with E-state index in [-0.39, 0.29) is 4.83 Å². The molecule has 2 aromatic rings. The monoisotopic (exact) mass is 374 g/mol. The van der Waals surface area contributed by atoms with E-state index in [0.717, 1.165) is 15.1 Å². The third kappa shape index (κ3) is 2.92. The highest BCUT2D eigenvalue weighted by atomic mass is 79.9. The predicted molar refractivity (Wildman–Crippen MR) is 80.5 cm³/mol. The third-order valence-electron chi connectivity index (χ3n) is 2.59. The van der Waals surface area contributed by atoms with E-state index in [1.165, 1.54) is 11.1 Å². The Balaban J connectivity index is 2.31. The van der Waals surface area contributed by atoms with Crippen molar-refractivity contribution in [2.75, 3.05) is 7.11 Å². The Labute approximate surface area is 122 Å². The first-order valence-corrected chi connectivity index (χ1v) is 7.73. The molecule has 1 aromatic heterocycles. The molecular weight excluding hydrogens is 364 g/mol. The summed E-state index contributed by atoms with van der Waals surface area (Å²) in [4.78, 5) is 0.231. The van der Waals surface area contributed by atoms with Crippen molar-refractivity contribution in [3.05, 3.63) is 50.1 Å². The highest BCUT2D eigenvalue weighted by Crippen LogP contribution is 2.36. The number of alkyl halides is 1. The van der Waals surface area contributed by atoms with Crippen LogP contribution in [-0.2, 0) is 0 Å². The zero-order chi connectivity index (χ0) is 12.4. The average Bonchev–Trinajstić information content (AvgIpc) is 2.75. The molecule has 0 aliphatic carbocycles. The largest absolute Gasteiger partial charge is 0.496 e. The quantitative estimate of drug-likeness (QED) is 0.660. The molecular formula is C13H12Br2OS. The molecule has 0 N–H and O–H groups in total. The molecule has 1 nitrogen and oxygen atoms in total. The predicted octanol–water partition coefficient (Wildman–Crippen LogP) is 5.31. The Hall–Kier alpha value is -0.320. The van der Waals surface area contributed by atoms with Gasteiger partial charge in [0.1, 0.15) is 5.75 Å². The van der Waals surface area contributed by atoms with E-state index >= 15 is 0 Å². The Kier molecular flexibility index (Phi) is 4.28. The molecule has 1 atom stereocenters. The lowest BCUT2D eigenvalue weighted by Crippen LogP contribution is -1.93. The summed E-state index contributed by atoms with van der Waals surface area (Å²) in [6, 6.07) is 8.41. The third-order valence-corrected chi connectivity index (χ3v) is 5.17. The van der Waals surface area contributed by atoms with Crippen LogP contribution in [0.25, 0.3) is 0 Å². The number of benzene rings is 1. The fraction of sp³-hybridized carbons (Fsp3) is 0.231. The first-order chi connectivity index (χ1) is 8.11. The van der Waals surface area contributed by atoms with Crippen molar-refractivity contribution in [3.63, 3.8) is 0 Å². The van der Waals surface area contributed by atoms with Crippen LogP contribution in [0.3, 0.4) is 0 Å². The van der Waals surface area contributed by atoms with Crippen LogP contribution in [0, 0.1) is 6.92 Å². The van der Waals surface area contributed by atoms with Gasteiger partial charge in [-0.25, -0.2) is 0 Å². The van der Waals surface area contributed by atoms with Gasteiger partial charge in [0.15, 0.2) is 0 Å². The number of methoxy groups -OCH3 is 1. The van der Waals surface area contributed by atoms with Crippen molar-refractivity contribution in [2.45, 2.75) is 11.8 Å². The molecule has 0 saturated heterocycles. The van der Waals surface area contributed by atoms with Gasteiger partial charge in [-0.1, -0.05) is 28.1 Å². The molecule has 0 spiro atoms. The van der Waals surface area contributed by atoms with Gasteiger partial charge in [-0.05, 0) is 57.1 Å². The Morgan fingerprint density at radius 1 is 1.24 bits per heavy atom. The summed E-state index contributed by atoms with van der Waals surface area (Å²) in [6.07, 6.45) is 0. The van der Waals surface area contributed by atoms with Gasteiger partial charge < -0.3 is 4.74 Å². The fourth-order valence-corrected chi connectivity index (χ4v) is 3.63. The van der Waals surface area contributed by atoms with Gasteiger partial charge in [0, 0.05) is 0 Å². The summed E-state index contributed by atoms with van der Waals surface area (Å²) >= 11 is 8.92. The van der Waals surface area contributed by atoms with Crippen LogP contribution in [0.2, 0.25) is 0 Å². The number of rotatable bonds is 3. The van der Waals surface area contributed by atoms with Gasteiger partial charge in [0.05, 0.1) is 15.7 Å². The molecule has 17 heavy (non-hydrogen) atoms. The Morgan fingerprint density at radius 3 is 2.53 bits per heavy atom. The molecule has 2 rings (SSSR count). The molecule has 0 amide bonds. The summed E-state index contributed by atoms with van der Waals surface area (Å²) < 4.78 is 6.42. The first-order valence-electron chi connectivity index (χ1n) is 5.14. The standard InChI is InChI=1S/C13H12Br2OS/c1-8-5-9(3-4-11(8)16-2)13(15)10-6-12(14)17-7-10/h3-7,13H,1-2H3. The van der Waals surface area contributed by atoms with Crippen molar-refractivity contribution < 1.29 is 4.74 Å². The highest BCUT2D eigenvalue weighted by molar-refractivity contribution is 9.11. The minimum absolute atomic E-state index is 0.231. The normalized spacial score (nSPS) is 12.5. The minimum atomic E-state index is 0.231. The second kappa shape index (κ2) is 5.55. The maximum Gasteiger partial charge on any atom is 0.121 e. The SMILES string of the molecule is COc1ccc(C(Br)c2csc(Br)c2)cc1C. The van der Waals surface area contributed by atoms with Gasteiger partial charge >= 0.3 is 0 Å². The summed E-state index contributed by atoms with van der Waals surface area (Å²) in [5.41, 5.74) is 3.67. The minimum Gasteiger partial charge on any atom is -0.496 e. The average molecular weight is 376 g/mol. The topological polar surface area (TPSA) is 9.23 Å². The van der Waals surface area contributed by atoms with Gasteiger partial charge in [-0.2, -0.15) is 0 Å². The van der Waals surface area contributed by atoms with E-state index in [1.54, 1.807) is 18.4 Å². The summed E-state index contributed by atoms with van der Waals surface area (Å²) in [5.74, 6) is 0.931. The number of aryl methyl sites for hydroxylation is 1. The van der Waals surface area contributed by atoms with Crippen molar-refractivity contribution in [2.24, 2.45) is 0 Å². The van der Waals surface area contributed by atoms with Crippen LogP contribution in [-0.4, -0.2) is 7.11 Å². The van der Waals surface area contributed by atoms with E-state index in [2.05, 4.69) is 62.4 Å². The lowest BCUT2D eigenvalue weighted by atomic mass is 10.0. The molecule has 1 aromatic carbocycles. The second-order valence-corrected chi connectivity index (χ2v) is 6.98. The zero-order valence-electron chi connectivity index (χ0n) is 9.54. The smallest absolute Gasteiger partial charge is 0.121 e. The Bertz CT molecular complexity index is 522. The summed E-state index contributed by atoms with van der Waals surface area (Å²) in [7, 11) is 1.70. The Morgan fingerprint density at radius 2 is 2.00 bits per heavy atom. The molecule has 0 saturated carbocycles. The molecule has 90 valence electrons. The van der Waals surface area contributed by atoms with E-state index in [1.807, 2.05) is 6.07 Å². The second-order valence-electron chi connectivity index (χ2n) is 3.78. The number of hydrogen-bond acceptors (Lipinski definition) is 2. The van der Waals surface area contributed by atoms with Gasteiger partial charge in [0.2, 0.25) is 0 Å². The van der Waals surface area contributed by atoms with Crippen LogP contribution in [0.15, 0.2) is 33.4 Å². The van der Waals surface area contributed by atoms with Gasteiger partial charge in [0.25, 0.3) is 0 Å². The van der Waals surface area contributed by atoms with Crippen LogP contribution < -0.4 is 4.74 Å². The number of hydrogen-bond donors (Lipinski definition) is 0. The molecule has 0 radical (unpaired) electrons. The van der Waals surface area contributed by atoms with E-state index < -0.39 is 0 Å². The molecule has 1 heterocycles. The lowest BCUT2D eigenvalue weighted by molar-refractivity contribution is 0.411. The van der Waals surface area contributed by atoms with Gasteiger partial charge in [-0.15, -0.1) is 11.3 Å². The van der Waals surface area contributed by atoms with E-state index in [0.29, 0.717) is 0 Å². The van der Waals surface area contributed by atoms with E-state index in [4.69, 9.17) is 4.74 Å². The number of halogens is 2. The highest BCUT2D eigenvalue weighted by Gasteiger charge is 2.13. The van der Waals surface area contributed by atoms with Crippen LogP contribution in [0.4, 0.5) is 0 Å². The maximum atomic E-state index is 5.27.